The Bertz CT molecular complexity index is 1480. The molecule has 0 amide bonds. The van der Waals surface area contributed by atoms with E-state index in [-0.39, 0.29) is 0 Å². The zero-order valence-electron chi connectivity index (χ0n) is 26.2. The molecule has 0 unspecified atom stereocenters. The first-order valence-electron chi connectivity index (χ1n) is 15.5. The van der Waals surface area contributed by atoms with Gasteiger partial charge in [-0.05, 0) is 119 Å². The smallest absolute Gasteiger partial charge is 0.116 e. The minimum atomic E-state index is 0.443. The summed E-state index contributed by atoms with van der Waals surface area (Å²) in [5.74, 6) is 2.03. The van der Waals surface area contributed by atoms with Gasteiger partial charge < -0.3 is 0 Å². The van der Waals surface area contributed by atoms with E-state index in [0.29, 0.717) is 29.1 Å². The molecule has 1 fully saturated rings. The minimum absolute atomic E-state index is 0.443. The van der Waals surface area contributed by atoms with Crippen LogP contribution >= 0.6 is 0 Å². The summed E-state index contributed by atoms with van der Waals surface area (Å²) >= 11 is 0. The number of hydrogen-bond acceptors (Lipinski definition) is 2. The maximum atomic E-state index is 4.86. The summed E-state index contributed by atoms with van der Waals surface area (Å²) in [6.45, 7) is 20.9. The van der Waals surface area contributed by atoms with E-state index in [0.717, 1.165) is 16.6 Å². The molecule has 0 aliphatic heterocycles. The van der Waals surface area contributed by atoms with E-state index in [1.807, 2.05) is 0 Å². The molecule has 0 spiro atoms. The Morgan fingerprint density at radius 2 is 1.35 bits per heavy atom. The second-order valence-corrected chi connectivity index (χ2v) is 14.1. The highest BCUT2D eigenvalue weighted by Gasteiger charge is 2.28. The lowest BCUT2D eigenvalue weighted by Crippen LogP contribution is -2.20. The van der Waals surface area contributed by atoms with Crippen LogP contribution in [0.25, 0.3) is 33.3 Å². The van der Waals surface area contributed by atoms with Crippen LogP contribution in [0.5, 0.6) is 0 Å². The Balaban J connectivity index is 1.62. The molecule has 40 heavy (non-hydrogen) atoms. The summed E-state index contributed by atoms with van der Waals surface area (Å²) in [6, 6.07) is 18.9. The Labute approximate surface area is 242 Å². The molecule has 210 valence electrons. The third-order valence-electron chi connectivity index (χ3n) is 9.24. The molecule has 0 radical (unpaired) electrons. The Hall–Kier alpha value is -3.00. The zero-order valence-corrected chi connectivity index (χ0v) is 26.2. The van der Waals surface area contributed by atoms with Crippen LogP contribution in [0.4, 0.5) is 0 Å². The predicted molar refractivity (Wildman–Crippen MR) is 172 cm³/mol. The summed E-state index contributed by atoms with van der Waals surface area (Å²) in [7, 11) is 0. The molecule has 1 heterocycles. The van der Waals surface area contributed by atoms with Gasteiger partial charge in [-0.1, -0.05) is 85.7 Å². The quantitative estimate of drug-likeness (QED) is 0.247. The first kappa shape index (κ1) is 28.5. The van der Waals surface area contributed by atoms with Crippen LogP contribution in [0.1, 0.15) is 133 Å². The molecule has 4 aromatic rings. The van der Waals surface area contributed by atoms with E-state index in [1.54, 1.807) is 6.33 Å². The van der Waals surface area contributed by atoms with Gasteiger partial charge in [0.1, 0.15) is 6.33 Å². The van der Waals surface area contributed by atoms with Gasteiger partial charge in [0.05, 0.1) is 11.2 Å². The van der Waals surface area contributed by atoms with Crippen molar-refractivity contribution in [2.75, 3.05) is 0 Å². The maximum absolute atomic E-state index is 4.86. The lowest BCUT2D eigenvalue weighted by Gasteiger charge is -2.34. The normalized spacial score (nSPS) is 16.0. The van der Waals surface area contributed by atoms with Crippen molar-refractivity contribution in [3.05, 3.63) is 82.7 Å². The molecule has 0 bridgehead atoms. The fraction of sp³-hybridized carbons (Fsp3) is 0.474. The van der Waals surface area contributed by atoms with Crippen LogP contribution in [-0.2, 0) is 0 Å². The van der Waals surface area contributed by atoms with Gasteiger partial charge in [0.15, 0.2) is 0 Å². The van der Waals surface area contributed by atoms with Crippen molar-refractivity contribution in [3.8, 4) is 22.4 Å². The molecule has 0 saturated heterocycles. The third-order valence-corrected chi connectivity index (χ3v) is 9.24. The fourth-order valence-electron chi connectivity index (χ4n) is 6.64. The van der Waals surface area contributed by atoms with E-state index >= 15 is 0 Å². The van der Waals surface area contributed by atoms with Gasteiger partial charge in [0.2, 0.25) is 0 Å². The lowest BCUT2D eigenvalue weighted by molar-refractivity contribution is 0.224. The number of rotatable bonds is 6. The molecule has 1 aliphatic rings. The topological polar surface area (TPSA) is 25.8 Å². The Morgan fingerprint density at radius 3 is 1.95 bits per heavy atom. The maximum Gasteiger partial charge on any atom is 0.116 e. The number of hydrogen-bond donors (Lipinski definition) is 0. The number of aromatic nitrogens is 2. The van der Waals surface area contributed by atoms with Crippen molar-refractivity contribution >= 4 is 10.9 Å². The summed E-state index contributed by atoms with van der Waals surface area (Å²) in [5, 5.41) is 1.14. The van der Waals surface area contributed by atoms with Gasteiger partial charge in [-0.2, -0.15) is 0 Å². The predicted octanol–water partition coefficient (Wildman–Crippen LogP) is 11.3. The number of fused-ring (bicyclic) bond motifs is 1. The van der Waals surface area contributed by atoms with Crippen molar-refractivity contribution in [2.24, 2.45) is 5.41 Å². The fourth-order valence-corrected chi connectivity index (χ4v) is 6.64. The Morgan fingerprint density at radius 1 is 0.725 bits per heavy atom. The number of benzene rings is 3. The highest BCUT2D eigenvalue weighted by atomic mass is 14.8. The minimum Gasteiger partial charge on any atom is -0.236 e. The van der Waals surface area contributed by atoms with Gasteiger partial charge in [-0.3, -0.25) is 0 Å². The van der Waals surface area contributed by atoms with Gasteiger partial charge in [0, 0.05) is 10.9 Å². The SMILES string of the molecule is Cc1cc(-c2c(C(C)C)cc(C(C)C)cc2C(C)C)cc(-c2ncnc3cc(C4CCC(C)(C)CC4)ccc23)c1. The molecular formula is C38H48N2. The Kier molecular flexibility index (Phi) is 7.92. The van der Waals surface area contributed by atoms with Crippen LogP contribution in [0.2, 0.25) is 0 Å². The van der Waals surface area contributed by atoms with Gasteiger partial charge >= 0.3 is 0 Å². The van der Waals surface area contributed by atoms with Crippen LogP contribution in [0, 0.1) is 12.3 Å². The molecule has 2 heteroatoms. The van der Waals surface area contributed by atoms with Gasteiger partial charge in [-0.15, -0.1) is 0 Å². The molecule has 0 atom stereocenters. The molecule has 0 N–H and O–H groups in total. The summed E-state index contributed by atoms with van der Waals surface area (Å²) in [6.07, 6.45) is 6.88. The van der Waals surface area contributed by atoms with Crippen molar-refractivity contribution in [1.29, 1.82) is 0 Å². The standard InChI is InChI=1S/C38H48N2/c1-23(2)29-19-33(24(3)4)36(34(20-29)25(5)6)30-16-26(7)17-31(18-30)37-32-11-10-28(21-35(32)39-22-40-37)27-12-14-38(8,9)15-13-27/h10-11,16-25,27H,12-15H2,1-9H3. The first-order chi connectivity index (χ1) is 18.9. The van der Waals surface area contributed by atoms with E-state index in [2.05, 4.69) is 111 Å². The van der Waals surface area contributed by atoms with E-state index < -0.39 is 0 Å². The molecule has 1 saturated carbocycles. The highest BCUT2D eigenvalue weighted by molar-refractivity contribution is 5.93. The third kappa shape index (κ3) is 5.73. The second-order valence-electron chi connectivity index (χ2n) is 14.1. The zero-order chi connectivity index (χ0) is 28.8. The van der Waals surface area contributed by atoms with Crippen molar-refractivity contribution < 1.29 is 0 Å². The van der Waals surface area contributed by atoms with Crippen molar-refractivity contribution in [3.63, 3.8) is 0 Å². The average molecular weight is 533 g/mol. The van der Waals surface area contributed by atoms with Crippen LogP contribution < -0.4 is 0 Å². The van der Waals surface area contributed by atoms with Crippen LogP contribution in [-0.4, -0.2) is 9.97 Å². The van der Waals surface area contributed by atoms with Crippen LogP contribution in [0.3, 0.4) is 0 Å². The number of aryl methyl sites for hydroxylation is 1. The highest BCUT2D eigenvalue weighted by Crippen LogP contribution is 2.44. The van der Waals surface area contributed by atoms with E-state index in [9.17, 15) is 0 Å². The second kappa shape index (κ2) is 11.1. The number of nitrogens with zero attached hydrogens (tertiary/aromatic N) is 2. The van der Waals surface area contributed by atoms with Gasteiger partial charge in [0.25, 0.3) is 0 Å². The largest absolute Gasteiger partial charge is 0.236 e. The molecule has 1 aromatic heterocycles. The molecule has 5 rings (SSSR count). The summed E-state index contributed by atoms with van der Waals surface area (Å²) in [4.78, 5) is 9.60. The van der Waals surface area contributed by atoms with Gasteiger partial charge in [-0.25, -0.2) is 9.97 Å². The van der Waals surface area contributed by atoms with Crippen molar-refractivity contribution in [2.45, 2.75) is 112 Å². The average Bonchev–Trinajstić information content (AvgIpc) is 2.91. The lowest BCUT2D eigenvalue weighted by atomic mass is 9.71. The monoisotopic (exact) mass is 532 g/mol. The van der Waals surface area contributed by atoms with E-state index in [4.69, 9.17) is 9.97 Å². The van der Waals surface area contributed by atoms with Crippen LogP contribution in [0.15, 0.2) is 54.9 Å². The van der Waals surface area contributed by atoms with Crippen molar-refractivity contribution in [1.82, 2.24) is 9.97 Å². The summed E-state index contributed by atoms with van der Waals surface area (Å²) < 4.78 is 0. The summed E-state index contributed by atoms with van der Waals surface area (Å²) in [5.41, 5.74) is 13.5. The molecule has 2 nitrogen and oxygen atoms in total. The first-order valence-corrected chi connectivity index (χ1v) is 15.5. The molecule has 1 aliphatic carbocycles. The molecular weight excluding hydrogens is 484 g/mol. The molecule has 3 aromatic carbocycles. The van der Waals surface area contributed by atoms with E-state index in [1.165, 1.54) is 70.2 Å².